The van der Waals surface area contributed by atoms with E-state index in [4.69, 9.17) is 4.74 Å². The predicted octanol–water partition coefficient (Wildman–Crippen LogP) is 3.75. The minimum Gasteiger partial charge on any atom is -0.497 e. The van der Waals surface area contributed by atoms with Gasteiger partial charge in [0.2, 0.25) is 0 Å². The normalized spacial score (nSPS) is 17.3. The van der Waals surface area contributed by atoms with Crippen LogP contribution in [0, 0.1) is 5.92 Å². The highest BCUT2D eigenvalue weighted by Gasteiger charge is 2.33. The van der Waals surface area contributed by atoms with Crippen molar-refractivity contribution in [3.05, 3.63) is 40.3 Å². The minimum atomic E-state index is -4.42. The Bertz CT molecular complexity index is 855. The highest BCUT2D eigenvalue weighted by atomic mass is 32.1. The second kappa shape index (κ2) is 10.0. The van der Waals surface area contributed by atoms with Crippen LogP contribution in [0.25, 0.3) is 0 Å². The molecular weight excluding hydrogens is 415 g/mol. The van der Waals surface area contributed by atoms with Crippen molar-refractivity contribution in [3.8, 4) is 5.75 Å². The summed E-state index contributed by atoms with van der Waals surface area (Å²) in [5.74, 6) is 1.87. The van der Waals surface area contributed by atoms with Crippen LogP contribution in [0.3, 0.4) is 0 Å². The van der Waals surface area contributed by atoms with Crippen LogP contribution in [0.15, 0.2) is 34.6 Å². The molecule has 30 heavy (non-hydrogen) atoms. The maximum absolute atomic E-state index is 12.7. The van der Waals surface area contributed by atoms with Gasteiger partial charge >= 0.3 is 6.18 Å². The number of rotatable bonds is 7. The van der Waals surface area contributed by atoms with E-state index < -0.39 is 11.9 Å². The topological polar surface area (TPSA) is 61.8 Å². The zero-order valence-corrected chi connectivity index (χ0v) is 17.8. The Kier molecular flexibility index (Phi) is 7.41. The third-order valence-electron chi connectivity index (χ3n) is 4.82. The number of nitrogens with zero attached hydrogens (tertiary/aromatic N) is 3. The molecule has 1 aromatic carbocycles. The molecule has 0 aliphatic carbocycles. The molecule has 2 N–H and O–H groups in total. The van der Waals surface area contributed by atoms with E-state index >= 15 is 0 Å². The molecule has 1 aliphatic rings. The van der Waals surface area contributed by atoms with E-state index in [1.807, 2.05) is 25.1 Å². The molecule has 0 spiro atoms. The first-order valence-electron chi connectivity index (χ1n) is 9.81. The molecule has 3 rings (SSSR count). The van der Waals surface area contributed by atoms with E-state index in [0.29, 0.717) is 23.4 Å². The lowest BCUT2D eigenvalue weighted by molar-refractivity contribution is -0.140. The second-order valence-corrected chi connectivity index (χ2v) is 7.95. The van der Waals surface area contributed by atoms with Gasteiger partial charge in [-0.3, -0.25) is 0 Å². The third kappa shape index (κ3) is 6.01. The monoisotopic (exact) mass is 441 g/mol. The van der Waals surface area contributed by atoms with Gasteiger partial charge in [-0.1, -0.05) is 6.07 Å². The van der Waals surface area contributed by atoms with Gasteiger partial charge in [0, 0.05) is 43.3 Å². The van der Waals surface area contributed by atoms with Gasteiger partial charge in [0.25, 0.3) is 0 Å². The lowest BCUT2D eigenvalue weighted by Gasteiger charge is -2.20. The molecule has 1 atom stereocenters. The van der Waals surface area contributed by atoms with Crippen molar-refractivity contribution in [2.75, 3.05) is 38.2 Å². The summed E-state index contributed by atoms with van der Waals surface area (Å²) in [4.78, 5) is 10.3. The number of aliphatic imine (C=N–C) groups is 1. The molecule has 6 nitrogen and oxygen atoms in total. The van der Waals surface area contributed by atoms with Crippen LogP contribution in [0.5, 0.6) is 5.75 Å². The number of ether oxygens (including phenoxy) is 1. The molecule has 2 aromatic rings. The van der Waals surface area contributed by atoms with Gasteiger partial charge < -0.3 is 20.3 Å². The van der Waals surface area contributed by atoms with Crippen molar-refractivity contribution in [1.82, 2.24) is 15.6 Å². The average Bonchev–Trinajstić information content (AvgIpc) is 3.39. The van der Waals surface area contributed by atoms with Gasteiger partial charge in [0.15, 0.2) is 11.7 Å². The molecule has 164 valence electrons. The largest absolute Gasteiger partial charge is 0.497 e. The summed E-state index contributed by atoms with van der Waals surface area (Å²) in [5, 5.41) is 7.80. The first kappa shape index (κ1) is 22.2. The third-order valence-corrected chi connectivity index (χ3v) is 5.65. The molecule has 2 heterocycles. The van der Waals surface area contributed by atoms with Crippen molar-refractivity contribution >= 4 is 23.0 Å². The van der Waals surface area contributed by atoms with E-state index in [0.717, 1.165) is 54.2 Å². The average molecular weight is 442 g/mol. The summed E-state index contributed by atoms with van der Waals surface area (Å²) in [6.07, 6.45) is -3.37. The number of aromatic nitrogens is 1. The molecule has 1 unspecified atom stereocenters. The quantitative estimate of drug-likeness (QED) is 0.506. The summed E-state index contributed by atoms with van der Waals surface area (Å²) < 4.78 is 43.4. The van der Waals surface area contributed by atoms with Crippen molar-refractivity contribution in [2.24, 2.45) is 10.9 Å². The molecule has 1 saturated heterocycles. The van der Waals surface area contributed by atoms with Crippen LogP contribution < -0.4 is 20.3 Å². The minimum absolute atomic E-state index is 0.108. The van der Waals surface area contributed by atoms with Crippen molar-refractivity contribution in [1.29, 1.82) is 0 Å². The van der Waals surface area contributed by atoms with E-state index in [9.17, 15) is 13.2 Å². The predicted molar refractivity (Wildman–Crippen MR) is 113 cm³/mol. The maximum Gasteiger partial charge on any atom is 0.434 e. The molecular formula is C20H26F3N5OS. The molecule has 0 amide bonds. The summed E-state index contributed by atoms with van der Waals surface area (Å²) in [5.41, 5.74) is 0.279. The zero-order valence-electron chi connectivity index (χ0n) is 17.0. The molecule has 1 aromatic heterocycles. The van der Waals surface area contributed by atoms with E-state index in [1.54, 1.807) is 7.11 Å². The molecule has 1 aliphatic heterocycles. The van der Waals surface area contributed by atoms with Gasteiger partial charge in [-0.05, 0) is 31.4 Å². The van der Waals surface area contributed by atoms with Gasteiger partial charge in [0.05, 0.1) is 13.7 Å². The Labute approximate surface area is 178 Å². The standard InChI is InChI=1S/C20H26F3N5OS/c1-3-24-19(26-11-18-27-17(13-30-18)20(21,22)23)25-10-14-7-8-28(12-14)15-5-4-6-16(9-15)29-2/h4-6,9,13-14H,3,7-8,10-12H2,1-2H3,(H2,24,25,26). The van der Waals surface area contributed by atoms with E-state index in [1.165, 1.54) is 0 Å². The van der Waals surface area contributed by atoms with Crippen LogP contribution in [-0.2, 0) is 12.7 Å². The molecule has 0 bridgehead atoms. The van der Waals surface area contributed by atoms with Crippen LogP contribution >= 0.6 is 11.3 Å². The summed E-state index contributed by atoms with van der Waals surface area (Å²) in [6.45, 7) is 5.34. The number of methoxy groups -OCH3 is 1. The number of hydrogen-bond donors (Lipinski definition) is 2. The summed E-state index contributed by atoms with van der Waals surface area (Å²) in [6, 6.07) is 8.02. The van der Waals surface area contributed by atoms with Crippen LogP contribution in [0.2, 0.25) is 0 Å². The van der Waals surface area contributed by atoms with Crippen molar-refractivity contribution in [3.63, 3.8) is 0 Å². The number of anilines is 1. The Hall–Kier alpha value is -2.49. The van der Waals surface area contributed by atoms with E-state index in [-0.39, 0.29) is 6.54 Å². The van der Waals surface area contributed by atoms with Gasteiger partial charge in [-0.25, -0.2) is 9.98 Å². The SMILES string of the molecule is CCNC(=NCc1nc(C(F)(F)F)cs1)NCC1CCN(c2cccc(OC)c2)C1. The Morgan fingerprint density at radius 3 is 2.90 bits per heavy atom. The number of benzene rings is 1. The first-order chi connectivity index (χ1) is 14.4. The fourth-order valence-corrected chi connectivity index (χ4v) is 4.01. The molecule has 1 fully saturated rings. The Morgan fingerprint density at radius 2 is 2.20 bits per heavy atom. The van der Waals surface area contributed by atoms with Gasteiger partial charge in [0.1, 0.15) is 10.8 Å². The summed E-state index contributed by atoms with van der Waals surface area (Å²) in [7, 11) is 1.66. The van der Waals surface area contributed by atoms with Gasteiger partial charge in [-0.15, -0.1) is 11.3 Å². The molecule has 0 saturated carbocycles. The Balaban J connectivity index is 1.53. The Morgan fingerprint density at radius 1 is 1.37 bits per heavy atom. The van der Waals surface area contributed by atoms with Crippen molar-refractivity contribution in [2.45, 2.75) is 26.1 Å². The number of alkyl halides is 3. The van der Waals surface area contributed by atoms with Crippen LogP contribution in [-0.4, -0.2) is 44.2 Å². The van der Waals surface area contributed by atoms with Gasteiger partial charge in [-0.2, -0.15) is 13.2 Å². The van der Waals surface area contributed by atoms with Crippen molar-refractivity contribution < 1.29 is 17.9 Å². The highest BCUT2D eigenvalue weighted by Crippen LogP contribution is 2.30. The fourth-order valence-electron chi connectivity index (χ4n) is 3.28. The number of hydrogen-bond acceptors (Lipinski definition) is 5. The van der Waals surface area contributed by atoms with Crippen LogP contribution in [0.4, 0.5) is 18.9 Å². The molecule has 0 radical (unpaired) electrons. The fraction of sp³-hybridized carbons (Fsp3) is 0.500. The zero-order chi connectivity index (χ0) is 21.6. The lowest BCUT2D eigenvalue weighted by Crippen LogP contribution is -2.40. The number of nitrogens with one attached hydrogen (secondary N) is 2. The van der Waals surface area contributed by atoms with Crippen LogP contribution in [0.1, 0.15) is 24.0 Å². The second-order valence-electron chi connectivity index (χ2n) is 7.00. The molecule has 10 heteroatoms. The highest BCUT2D eigenvalue weighted by molar-refractivity contribution is 7.09. The number of guanidine groups is 1. The smallest absolute Gasteiger partial charge is 0.434 e. The maximum atomic E-state index is 12.7. The number of halogens is 3. The number of thiazole rings is 1. The van der Waals surface area contributed by atoms with E-state index in [2.05, 4.69) is 31.6 Å². The first-order valence-corrected chi connectivity index (χ1v) is 10.7. The lowest BCUT2D eigenvalue weighted by atomic mass is 10.1. The summed E-state index contributed by atoms with van der Waals surface area (Å²) >= 11 is 0.970.